The molecule has 2 rings (SSSR count). The van der Waals surface area contributed by atoms with Crippen LogP contribution in [0.1, 0.15) is 11.4 Å². The van der Waals surface area contributed by atoms with E-state index in [4.69, 9.17) is 11.6 Å². The van der Waals surface area contributed by atoms with Gasteiger partial charge in [0.05, 0.1) is 6.20 Å². The summed E-state index contributed by atoms with van der Waals surface area (Å²) in [6.07, 6.45) is 3.53. The summed E-state index contributed by atoms with van der Waals surface area (Å²) in [5.41, 5.74) is 1.32. The lowest BCUT2D eigenvalue weighted by Gasteiger charge is -1.97. The Morgan fingerprint density at radius 2 is 1.93 bits per heavy atom. The quantitative estimate of drug-likeness (QED) is 0.822. The highest BCUT2D eigenvalue weighted by Crippen LogP contribution is 2.07. The molecule has 0 atom stereocenters. The Bertz CT molecular complexity index is 395. The molecule has 0 aliphatic rings. The predicted octanol–water partition coefficient (Wildman–Crippen LogP) is 2.85. The average molecular weight is 207 g/mol. The number of aryl methyl sites for hydroxylation is 2. The molecule has 1 aromatic heterocycles. The van der Waals surface area contributed by atoms with Gasteiger partial charge in [-0.1, -0.05) is 41.9 Å². The summed E-state index contributed by atoms with van der Waals surface area (Å²) in [6, 6.07) is 10.3. The zero-order chi connectivity index (χ0) is 9.80. The summed E-state index contributed by atoms with van der Waals surface area (Å²) < 4.78 is 0. The molecule has 0 saturated carbocycles. The van der Waals surface area contributed by atoms with Crippen LogP contribution in [0.3, 0.4) is 0 Å². The van der Waals surface area contributed by atoms with Gasteiger partial charge in [0.2, 0.25) is 0 Å². The number of imidazole rings is 1. The van der Waals surface area contributed by atoms with Gasteiger partial charge >= 0.3 is 0 Å². The Labute approximate surface area is 88.0 Å². The van der Waals surface area contributed by atoms with Gasteiger partial charge in [0.25, 0.3) is 0 Å². The third-order valence-electron chi connectivity index (χ3n) is 2.09. The van der Waals surface area contributed by atoms with Crippen LogP contribution in [0.25, 0.3) is 0 Å². The zero-order valence-corrected chi connectivity index (χ0v) is 8.46. The maximum atomic E-state index is 5.72. The molecular weight excluding hydrogens is 196 g/mol. The van der Waals surface area contributed by atoms with E-state index in [1.165, 1.54) is 5.56 Å². The summed E-state index contributed by atoms with van der Waals surface area (Å²) in [5, 5.41) is 0.605. The first kappa shape index (κ1) is 9.28. The third kappa shape index (κ3) is 2.36. The molecule has 0 aliphatic heterocycles. The lowest BCUT2D eigenvalue weighted by molar-refractivity contribution is 0.884. The average Bonchev–Trinajstić information content (AvgIpc) is 2.63. The van der Waals surface area contributed by atoms with Crippen molar-refractivity contribution in [3.63, 3.8) is 0 Å². The first-order valence-corrected chi connectivity index (χ1v) is 4.96. The third-order valence-corrected chi connectivity index (χ3v) is 2.28. The molecule has 1 heterocycles. The van der Waals surface area contributed by atoms with E-state index >= 15 is 0 Å². The molecule has 2 nitrogen and oxygen atoms in total. The van der Waals surface area contributed by atoms with E-state index in [-0.39, 0.29) is 0 Å². The summed E-state index contributed by atoms with van der Waals surface area (Å²) >= 11 is 5.72. The fourth-order valence-corrected chi connectivity index (χ4v) is 1.53. The summed E-state index contributed by atoms with van der Waals surface area (Å²) in [4.78, 5) is 7.14. The number of rotatable bonds is 3. The fourth-order valence-electron chi connectivity index (χ4n) is 1.37. The second-order valence-electron chi connectivity index (χ2n) is 3.16. The van der Waals surface area contributed by atoms with Crippen LogP contribution in [0, 0.1) is 0 Å². The van der Waals surface area contributed by atoms with Crippen LogP contribution >= 0.6 is 11.6 Å². The largest absolute Gasteiger partial charge is 0.333 e. The molecule has 14 heavy (non-hydrogen) atoms. The van der Waals surface area contributed by atoms with Gasteiger partial charge in [-0.2, -0.15) is 0 Å². The van der Waals surface area contributed by atoms with Gasteiger partial charge < -0.3 is 4.98 Å². The lowest BCUT2D eigenvalue weighted by Crippen LogP contribution is -1.92. The van der Waals surface area contributed by atoms with E-state index in [0.29, 0.717) is 5.15 Å². The first-order valence-electron chi connectivity index (χ1n) is 4.58. The minimum absolute atomic E-state index is 0.605. The Morgan fingerprint density at radius 1 is 1.14 bits per heavy atom. The van der Waals surface area contributed by atoms with Crippen molar-refractivity contribution in [3.05, 3.63) is 53.1 Å². The molecule has 0 fully saturated rings. The van der Waals surface area contributed by atoms with Gasteiger partial charge in [-0.05, 0) is 12.0 Å². The molecule has 1 aromatic carbocycles. The van der Waals surface area contributed by atoms with Crippen LogP contribution in [0.2, 0.25) is 5.15 Å². The van der Waals surface area contributed by atoms with Crippen molar-refractivity contribution in [2.45, 2.75) is 12.8 Å². The molecule has 0 bridgehead atoms. The number of aromatic amines is 1. The van der Waals surface area contributed by atoms with Crippen LogP contribution in [-0.2, 0) is 12.8 Å². The van der Waals surface area contributed by atoms with Gasteiger partial charge in [-0.3, -0.25) is 0 Å². The fraction of sp³-hybridized carbons (Fsp3) is 0.182. The molecule has 0 aliphatic carbocycles. The monoisotopic (exact) mass is 206 g/mol. The van der Waals surface area contributed by atoms with Crippen LogP contribution in [-0.4, -0.2) is 9.97 Å². The van der Waals surface area contributed by atoms with Crippen molar-refractivity contribution in [2.24, 2.45) is 0 Å². The number of H-pyrrole nitrogens is 1. The number of halogens is 1. The van der Waals surface area contributed by atoms with Crippen LogP contribution in [0.4, 0.5) is 0 Å². The maximum Gasteiger partial charge on any atom is 0.126 e. The van der Waals surface area contributed by atoms with Crippen molar-refractivity contribution in [2.75, 3.05) is 0 Å². The number of nitrogens with one attached hydrogen (secondary N) is 1. The Morgan fingerprint density at radius 3 is 2.57 bits per heavy atom. The standard InChI is InChI=1S/C11H11ClN2/c12-10-8-13-11(14-10)7-6-9-4-2-1-3-5-9/h1-5,8H,6-7H2,(H,13,14). The van der Waals surface area contributed by atoms with Gasteiger partial charge in [0.1, 0.15) is 11.0 Å². The van der Waals surface area contributed by atoms with Crippen LogP contribution in [0.15, 0.2) is 36.5 Å². The molecule has 0 spiro atoms. The summed E-state index contributed by atoms with van der Waals surface area (Å²) in [5.74, 6) is 0.943. The number of hydrogen-bond acceptors (Lipinski definition) is 1. The van der Waals surface area contributed by atoms with E-state index in [9.17, 15) is 0 Å². The molecule has 0 unspecified atom stereocenters. The van der Waals surface area contributed by atoms with E-state index < -0.39 is 0 Å². The van der Waals surface area contributed by atoms with Crippen molar-refractivity contribution >= 4 is 11.6 Å². The SMILES string of the molecule is Clc1cnc(CCc2ccccc2)[nH]1. The highest BCUT2D eigenvalue weighted by molar-refractivity contribution is 6.29. The molecular formula is C11H11ClN2. The van der Waals surface area contributed by atoms with Crippen molar-refractivity contribution in [3.8, 4) is 0 Å². The highest BCUT2D eigenvalue weighted by atomic mass is 35.5. The van der Waals surface area contributed by atoms with Gasteiger partial charge in [0.15, 0.2) is 0 Å². The second kappa shape index (κ2) is 4.29. The highest BCUT2D eigenvalue weighted by Gasteiger charge is 1.98. The van der Waals surface area contributed by atoms with Gasteiger partial charge in [-0.15, -0.1) is 0 Å². The van der Waals surface area contributed by atoms with E-state index in [1.807, 2.05) is 18.2 Å². The van der Waals surface area contributed by atoms with Crippen molar-refractivity contribution in [1.29, 1.82) is 0 Å². The molecule has 3 heteroatoms. The van der Waals surface area contributed by atoms with E-state index in [0.717, 1.165) is 18.7 Å². The lowest BCUT2D eigenvalue weighted by atomic mass is 10.1. The van der Waals surface area contributed by atoms with Crippen LogP contribution < -0.4 is 0 Å². The van der Waals surface area contributed by atoms with E-state index in [1.54, 1.807) is 6.20 Å². The first-order chi connectivity index (χ1) is 6.84. The normalized spacial score (nSPS) is 10.4. The second-order valence-corrected chi connectivity index (χ2v) is 3.57. The van der Waals surface area contributed by atoms with Gasteiger partial charge in [0, 0.05) is 6.42 Å². The Balaban J connectivity index is 1.95. The van der Waals surface area contributed by atoms with Crippen molar-refractivity contribution in [1.82, 2.24) is 9.97 Å². The smallest absolute Gasteiger partial charge is 0.126 e. The molecule has 72 valence electrons. The predicted molar refractivity (Wildman–Crippen MR) is 57.4 cm³/mol. The zero-order valence-electron chi connectivity index (χ0n) is 7.70. The topological polar surface area (TPSA) is 28.7 Å². The number of nitrogens with zero attached hydrogens (tertiary/aromatic N) is 1. The number of aromatic nitrogens is 2. The number of hydrogen-bond donors (Lipinski definition) is 1. The molecule has 1 N–H and O–H groups in total. The molecule has 0 saturated heterocycles. The Kier molecular flexibility index (Phi) is 2.84. The van der Waals surface area contributed by atoms with Crippen LogP contribution in [0.5, 0.6) is 0 Å². The number of benzene rings is 1. The minimum Gasteiger partial charge on any atom is -0.333 e. The summed E-state index contributed by atoms with van der Waals surface area (Å²) in [6.45, 7) is 0. The van der Waals surface area contributed by atoms with Crippen molar-refractivity contribution < 1.29 is 0 Å². The minimum atomic E-state index is 0.605. The summed E-state index contributed by atoms with van der Waals surface area (Å²) in [7, 11) is 0. The molecule has 0 radical (unpaired) electrons. The van der Waals surface area contributed by atoms with E-state index in [2.05, 4.69) is 22.1 Å². The Hall–Kier alpha value is -1.28. The van der Waals surface area contributed by atoms with Gasteiger partial charge in [-0.25, -0.2) is 4.98 Å². The maximum absolute atomic E-state index is 5.72. The molecule has 2 aromatic rings. The molecule has 0 amide bonds.